The van der Waals surface area contributed by atoms with E-state index < -0.39 is 10.0 Å². The van der Waals surface area contributed by atoms with Gasteiger partial charge in [0.1, 0.15) is 0 Å². The van der Waals surface area contributed by atoms with Crippen LogP contribution in [0.1, 0.15) is 110 Å². The number of unbranched alkanes of at least 4 members (excludes halogenated alkanes) is 13. The van der Waals surface area contributed by atoms with E-state index in [9.17, 15) is 8.42 Å². The first-order chi connectivity index (χ1) is 16.2. The van der Waals surface area contributed by atoms with Crippen LogP contribution in [0.2, 0.25) is 0 Å². The van der Waals surface area contributed by atoms with Gasteiger partial charge in [0.05, 0.1) is 46.1 Å². The molecular weight excluding hydrogens is 446 g/mol. The molecule has 0 aliphatic rings. The Morgan fingerprint density at radius 2 is 1.32 bits per heavy atom. The fraction of sp³-hybridized carbons (Fsp3) is 0.963. The molecule has 0 saturated heterocycles. The fourth-order valence-corrected chi connectivity index (χ4v) is 5.16. The van der Waals surface area contributed by atoms with Crippen LogP contribution in [-0.2, 0) is 14.8 Å². The van der Waals surface area contributed by atoms with Gasteiger partial charge in [-0.25, -0.2) is 13.1 Å². The zero-order chi connectivity index (χ0) is 25.5. The Balaban J connectivity index is 3.67. The van der Waals surface area contributed by atoms with Gasteiger partial charge in [0.15, 0.2) is 0 Å². The summed E-state index contributed by atoms with van der Waals surface area (Å²) in [5.41, 5.74) is 0. The average molecular weight is 503 g/mol. The van der Waals surface area contributed by atoms with Gasteiger partial charge >= 0.3 is 0 Å². The van der Waals surface area contributed by atoms with Crippen molar-refractivity contribution in [2.45, 2.75) is 110 Å². The molecule has 7 heteroatoms. The molecule has 0 aromatic heterocycles. The SMILES string of the molecule is CCCCCCCCCCCCCCCCOCC(CC#N)CNS(=O)(=O)CCC[N+](C)(C)C. The number of rotatable bonds is 25. The van der Waals surface area contributed by atoms with Gasteiger partial charge in [-0.3, -0.25) is 0 Å². The first-order valence-corrected chi connectivity index (χ1v) is 15.6. The summed E-state index contributed by atoms with van der Waals surface area (Å²) in [6.45, 7) is 4.48. The first kappa shape index (κ1) is 33.3. The minimum Gasteiger partial charge on any atom is -0.381 e. The zero-order valence-electron chi connectivity index (χ0n) is 23.0. The molecule has 34 heavy (non-hydrogen) atoms. The average Bonchev–Trinajstić information content (AvgIpc) is 2.76. The summed E-state index contributed by atoms with van der Waals surface area (Å²) < 4.78 is 33.6. The lowest BCUT2D eigenvalue weighted by molar-refractivity contribution is -0.870. The topological polar surface area (TPSA) is 79.2 Å². The highest BCUT2D eigenvalue weighted by Gasteiger charge is 2.17. The highest BCUT2D eigenvalue weighted by molar-refractivity contribution is 7.89. The molecule has 0 aliphatic heterocycles. The summed E-state index contributed by atoms with van der Waals surface area (Å²) >= 11 is 0. The molecule has 0 aromatic carbocycles. The number of ether oxygens (including phenoxy) is 1. The molecule has 0 fully saturated rings. The second-order valence-electron chi connectivity index (χ2n) is 10.9. The molecule has 1 unspecified atom stereocenters. The molecule has 0 bridgehead atoms. The van der Waals surface area contributed by atoms with Crippen molar-refractivity contribution in [3.63, 3.8) is 0 Å². The molecule has 0 heterocycles. The van der Waals surface area contributed by atoms with Crippen LogP contribution in [-0.4, -0.2) is 66.1 Å². The van der Waals surface area contributed by atoms with E-state index in [1.165, 1.54) is 83.5 Å². The van der Waals surface area contributed by atoms with Crippen LogP contribution in [0.25, 0.3) is 0 Å². The second-order valence-corrected chi connectivity index (χ2v) is 12.9. The highest BCUT2D eigenvalue weighted by atomic mass is 32.2. The third-order valence-corrected chi connectivity index (χ3v) is 7.64. The smallest absolute Gasteiger partial charge is 0.211 e. The highest BCUT2D eigenvalue weighted by Crippen LogP contribution is 2.13. The lowest BCUT2D eigenvalue weighted by Crippen LogP contribution is -2.38. The summed E-state index contributed by atoms with van der Waals surface area (Å²) in [5, 5.41) is 9.05. The van der Waals surface area contributed by atoms with Crippen molar-refractivity contribution in [1.82, 2.24) is 4.72 Å². The molecule has 1 atom stereocenters. The first-order valence-electron chi connectivity index (χ1n) is 13.9. The van der Waals surface area contributed by atoms with E-state index in [0.29, 0.717) is 26.1 Å². The molecule has 0 spiro atoms. The summed E-state index contributed by atoms with van der Waals surface area (Å²) in [4.78, 5) is 0. The molecule has 0 aliphatic carbocycles. The number of hydrogen-bond donors (Lipinski definition) is 1. The van der Waals surface area contributed by atoms with Crippen LogP contribution in [0.5, 0.6) is 0 Å². The summed E-state index contributed by atoms with van der Waals surface area (Å²) in [7, 11) is 2.86. The molecular formula is C27H56N3O3S+. The second kappa shape index (κ2) is 21.6. The van der Waals surface area contributed by atoms with Crippen LogP contribution in [0.3, 0.4) is 0 Å². The van der Waals surface area contributed by atoms with E-state index in [1.807, 2.05) is 0 Å². The van der Waals surface area contributed by atoms with Gasteiger partial charge < -0.3 is 9.22 Å². The van der Waals surface area contributed by atoms with Crippen molar-refractivity contribution in [1.29, 1.82) is 5.26 Å². The molecule has 202 valence electrons. The normalized spacial score (nSPS) is 13.1. The van der Waals surface area contributed by atoms with E-state index >= 15 is 0 Å². The fourth-order valence-electron chi connectivity index (χ4n) is 4.01. The Labute approximate surface area is 212 Å². The number of nitrogens with zero attached hydrogens (tertiary/aromatic N) is 2. The predicted molar refractivity (Wildman–Crippen MR) is 144 cm³/mol. The zero-order valence-corrected chi connectivity index (χ0v) is 23.8. The molecule has 0 rings (SSSR count). The molecule has 0 radical (unpaired) electrons. The van der Waals surface area contributed by atoms with Crippen molar-refractivity contribution in [2.24, 2.45) is 5.92 Å². The Morgan fingerprint density at radius 1 is 0.824 bits per heavy atom. The summed E-state index contributed by atoms with van der Waals surface area (Å²) in [6.07, 6.45) is 19.6. The van der Waals surface area contributed by atoms with Crippen molar-refractivity contribution in [2.75, 3.05) is 53.2 Å². The predicted octanol–water partition coefficient (Wildman–Crippen LogP) is 6.03. The van der Waals surface area contributed by atoms with Crippen molar-refractivity contribution in [3.8, 4) is 6.07 Å². The molecule has 0 aromatic rings. The number of quaternary nitrogens is 1. The third-order valence-electron chi connectivity index (χ3n) is 6.21. The Hall–Kier alpha value is -0.680. The lowest BCUT2D eigenvalue weighted by atomic mass is 10.0. The van der Waals surface area contributed by atoms with Crippen LogP contribution in [0.15, 0.2) is 0 Å². The maximum Gasteiger partial charge on any atom is 0.211 e. The van der Waals surface area contributed by atoms with Crippen molar-refractivity contribution in [3.05, 3.63) is 0 Å². The minimum absolute atomic E-state index is 0.0928. The summed E-state index contributed by atoms with van der Waals surface area (Å²) in [5.74, 6) is 0.0339. The minimum atomic E-state index is -3.30. The van der Waals surface area contributed by atoms with Crippen LogP contribution < -0.4 is 4.72 Å². The monoisotopic (exact) mass is 502 g/mol. The van der Waals surface area contributed by atoms with E-state index in [1.54, 1.807) is 0 Å². The van der Waals surface area contributed by atoms with Crippen LogP contribution in [0, 0.1) is 17.2 Å². The number of nitrogens with one attached hydrogen (secondary N) is 1. The van der Waals surface area contributed by atoms with Crippen molar-refractivity contribution >= 4 is 10.0 Å². The molecule has 1 N–H and O–H groups in total. The van der Waals surface area contributed by atoms with Gasteiger partial charge in [-0.1, -0.05) is 90.4 Å². The van der Waals surface area contributed by atoms with E-state index in [4.69, 9.17) is 10.00 Å². The van der Waals surface area contributed by atoms with E-state index in [2.05, 4.69) is 38.9 Å². The number of sulfonamides is 1. The van der Waals surface area contributed by atoms with E-state index in [-0.39, 0.29) is 18.2 Å². The van der Waals surface area contributed by atoms with E-state index in [0.717, 1.165) is 17.4 Å². The Kier molecular flexibility index (Phi) is 21.2. The maximum absolute atomic E-state index is 12.2. The van der Waals surface area contributed by atoms with Gasteiger partial charge in [0, 0.05) is 31.9 Å². The third kappa shape index (κ3) is 24.4. The van der Waals surface area contributed by atoms with Gasteiger partial charge in [-0.2, -0.15) is 5.26 Å². The molecule has 6 nitrogen and oxygen atoms in total. The molecule has 0 saturated carbocycles. The van der Waals surface area contributed by atoms with Crippen molar-refractivity contribution < 1.29 is 17.6 Å². The lowest BCUT2D eigenvalue weighted by Gasteiger charge is -2.23. The van der Waals surface area contributed by atoms with Crippen LogP contribution in [0.4, 0.5) is 0 Å². The van der Waals surface area contributed by atoms with Gasteiger partial charge in [-0.05, 0) is 6.42 Å². The maximum atomic E-state index is 12.2. The number of hydrogen-bond acceptors (Lipinski definition) is 4. The quantitative estimate of drug-likeness (QED) is 0.122. The summed E-state index contributed by atoms with van der Waals surface area (Å²) in [6, 6.07) is 2.15. The van der Waals surface area contributed by atoms with Gasteiger partial charge in [0.2, 0.25) is 10.0 Å². The van der Waals surface area contributed by atoms with Gasteiger partial charge in [-0.15, -0.1) is 0 Å². The number of nitriles is 1. The largest absolute Gasteiger partial charge is 0.381 e. The van der Waals surface area contributed by atoms with Gasteiger partial charge in [0.25, 0.3) is 0 Å². The Morgan fingerprint density at radius 3 is 1.79 bits per heavy atom. The molecule has 0 amide bonds. The Bertz CT molecular complexity index is 597. The van der Waals surface area contributed by atoms with Crippen LogP contribution >= 0.6 is 0 Å². The standard InChI is InChI=1S/C27H56N3O3S/c1-5-6-7-8-9-10-11-12-13-14-15-16-17-18-23-33-26-27(20-21-28)25-29-34(31,32)24-19-22-30(2,3)4/h27,29H,5-20,22-26H2,1-4H3/q+1.